The molecule has 0 radical (unpaired) electrons. The van der Waals surface area contributed by atoms with Crippen LogP contribution >= 0.6 is 0 Å². The summed E-state index contributed by atoms with van der Waals surface area (Å²) in [7, 11) is 0. The lowest BCUT2D eigenvalue weighted by Gasteiger charge is -2.24. The summed E-state index contributed by atoms with van der Waals surface area (Å²) in [6.07, 6.45) is -0.737. The molecule has 23 heavy (non-hydrogen) atoms. The van der Waals surface area contributed by atoms with E-state index in [2.05, 4.69) is 0 Å². The average molecular weight is 313 g/mol. The average Bonchev–Trinajstić information content (AvgIpc) is 2.55. The Balaban J connectivity index is 2.13. The lowest BCUT2D eigenvalue weighted by molar-refractivity contribution is 0.0634. The number of hydrogen-bond donors (Lipinski definition) is 2. The topological polar surface area (TPSA) is 60.8 Å². The van der Waals surface area contributed by atoms with Gasteiger partial charge in [-0.1, -0.05) is 35.9 Å². The highest BCUT2D eigenvalue weighted by molar-refractivity contribution is 5.94. The van der Waals surface area contributed by atoms with E-state index >= 15 is 0 Å². The van der Waals surface area contributed by atoms with Crippen molar-refractivity contribution in [2.75, 3.05) is 13.1 Å². The maximum absolute atomic E-state index is 12.6. The van der Waals surface area contributed by atoms with E-state index in [0.717, 1.165) is 16.7 Å². The van der Waals surface area contributed by atoms with Gasteiger partial charge >= 0.3 is 0 Å². The summed E-state index contributed by atoms with van der Waals surface area (Å²) in [5.41, 5.74) is 3.06. The Morgan fingerprint density at radius 3 is 2.35 bits per heavy atom. The Morgan fingerprint density at radius 2 is 1.78 bits per heavy atom. The predicted octanol–water partition coefficient (Wildman–Crippen LogP) is 3.20. The van der Waals surface area contributed by atoms with Crippen molar-refractivity contribution in [1.82, 2.24) is 4.90 Å². The zero-order valence-electron chi connectivity index (χ0n) is 13.8. The van der Waals surface area contributed by atoms with Gasteiger partial charge in [-0.25, -0.2) is 0 Å². The number of carbonyl (C=O) groups is 1. The molecule has 122 valence electrons. The molecular weight excluding hydrogens is 290 g/mol. The fraction of sp³-hybridized carbons (Fsp3) is 0.316. The molecule has 0 aliphatic heterocycles. The van der Waals surface area contributed by atoms with Crippen LogP contribution in [0.4, 0.5) is 0 Å². The summed E-state index contributed by atoms with van der Waals surface area (Å²) in [5.74, 6) is -0.0973. The van der Waals surface area contributed by atoms with E-state index in [9.17, 15) is 15.0 Å². The maximum Gasteiger partial charge on any atom is 0.254 e. The van der Waals surface area contributed by atoms with Crippen molar-refractivity contribution in [1.29, 1.82) is 0 Å². The van der Waals surface area contributed by atoms with Crippen LogP contribution in [-0.2, 0) is 0 Å². The molecule has 0 aromatic heterocycles. The predicted molar refractivity (Wildman–Crippen MR) is 90.6 cm³/mol. The molecule has 0 aliphatic rings. The van der Waals surface area contributed by atoms with E-state index in [1.165, 1.54) is 6.07 Å². The molecule has 4 nitrogen and oxygen atoms in total. The zero-order valence-corrected chi connectivity index (χ0v) is 13.8. The first-order valence-electron chi connectivity index (χ1n) is 7.76. The van der Waals surface area contributed by atoms with Crippen LogP contribution in [-0.4, -0.2) is 34.1 Å². The number of phenolic OH excluding ortho intramolecular Hbond substituents is 1. The molecule has 2 N–H and O–H groups in total. The number of amides is 1. The standard InChI is InChI=1S/C19H23NO3/c1-4-20(12-18(22)15-8-5-13(2)6-9-15)19(23)16-10-7-14(3)17(21)11-16/h5-11,18,21-22H,4,12H2,1-3H3. The highest BCUT2D eigenvalue weighted by Gasteiger charge is 2.19. The molecular formula is C19H23NO3. The van der Waals surface area contributed by atoms with Crippen LogP contribution in [0.3, 0.4) is 0 Å². The van der Waals surface area contributed by atoms with E-state index < -0.39 is 6.10 Å². The summed E-state index contributed by atoms with van der Waals surface area (Å²) >= 11 is 0. The summed E-state index contributed by atoms with van der Waals surface area (Å²) < 4.78 is 0. The fourth-order valence-corrected chi connectivity index (χ4v) is 2.38. The lowest BCUT2D eigenvalue weighted by Crippen LogP contribution is -2.34. The lowest BCUT2D eigenvalue weighted by atomic mass is 10.1. The van der Waals surface area contributed by atoms with E-state index in [-0.39, 0.29) is 18.2 Å². The van der Waals surface area contributed by atoms with Crippen molar-refractivity contribution in [3.63, 3.8) is 0 Å². The van der Waals surface area contributed by atoms with E-state index in [1.807, 2.05) is 38.1 Å². The van der Waals surface area contributed by atoms with Crippen molar-refractivity contribution in [2.24, 2.45) is 0 Å². The van der Waals surface area contributed by atoms with Gasteiger partial charge in [0, 0.05) is 12.1 Å². The van der Waals surface area contributed by atoms with E-state index in [4.69, 9.17) is 0 Å². The Bertz CT molecular complexity index is 680. The first-order chi connectivity index (χ1) is 10.9. The number of aromatic hydroxyl groups is 1. The van der Waals surface area contributed by atoms with Crippen LogP contribution in [0.25, 0.3) is 0 Å². The second kappa shape index (κ2) is 7.29. The Morgan fingerprint density at radius 1 is 1.13 bits per heavy atom. The van der Waals surface area contributed by atoms with Crippen LogP contribution in [0.1, 0.15) is 40.1 Å². The minimum atomic E-state index is -0.737. The van der Waals surface area contributed by atoms with Gasteiger partial charge in [0.2, 0.25) is 0 Å². The third kappa shape index (κ3) is 4.11. The molecule has 2 aromatic rings. The van der Waals surface area contributed by atoms with Crippen molar-refractivity contribution in [3.8, 4) is 5.75 Å². The van der Waals surface area contributed by atoms with Crippen molar-refractivity contribution in [3.05, 3.63) is 64.7 Å². The summed E-state index contributed by atoms with van der Waals surface area (Å²) in [4.78, 5) is 14.1. The Labute approximate surface area is 137 Å². The SMILES string of the molecule is CCN(CC(O)c1ccc(C)cc1)C(=O)c1ccc(C)c(O)c1. The van der Waals surface area contributed by atoms with Crippen molar-refractivity contribution >= 4 is 5.91 Å². The molecule has 0 saturated heterocycles. The van der Waals surface area contributed by atoms with Gasteiger partial charge in [0.05, 0.1) is 12.6 Å². The van der Waals surface area contributed by atoms with E-state index in [1.54, 1.807) is 24.0 Å². The van der Waals surface area contributed by atoms with Crippen LogP contribution in [0, 0.1) is 13.8 Å². The van der Waals surface area contributed by atoms with E-state index in [0.29, 0.717) is 12.1 Å². The number of aliphatic hydroxyl groups is 1. The number of aliphatic hydroxyl groups excluding tert-OH is 1. The molecule has 0 fully saturated rings. The first kappa shape index (κ1) is 17.0. The van der Waals surface area contributed by atoms with Crippen LogP contribution < -0.4 is 0 Å². The number of carbonyl (C=O) groups excluding carboxylic acids is 1. The number of benzene rings is 2. The van der Waals surface area contributed by atoms with Gasteiger partial charge in [-0.3, -0.25) is 4.79 Å². The largest absolute Gasteiger partial charge is 0.508 e. The molecule has 4 heteroatoms. The smallest absolute Gasteiger partial charge is 0.254 e. The number of likely N-dealkylation sites (N-methyl/N-ethyl adjacent to an activating group) is 1. The molecule has 2 rings (SSSR count). The van der Waals surface area contributed by atoms with Crippen molar-refractivity contribution in [2.45, 2.75) is 26.9 Å². The second-order valence-corrected chi connectivity index (χ2v) is 5.77. The zero-order chi connectivity index (χ0) is 17.0. The first-order valence-corrected chi connectivity index (χ1v) is 7.76. The van der Waals surface area contributed by atoms with Crippen LogP contribution in [0.5, 0.6) is 5.75 Å². The summed E-state index contributed by atoms with van der Waals surface area (Å²) in [6, 6.07) is 12.5. The Kier molecular flexibility index (Phi) is 5.40. The summed E-state index contributed by atoms with van der Waals surface area (Å²) in [5, 5.41) is 20.1. The molecule has 1 atom stereocenters. The minimum absolute atomic E-state index is 0.103. The molecule has 0 saturated carbocycles. The van der Waals surface area contributed by atoms with Gasteiger partial charge < -0.3 is 15.1 Å². The monoisotopic (exact) mass is 313 g/mol. The molecule has 0 bridgehead atoms. The summed E-state index contributed by atoms with van der Waals surface area (Å²) in [6.45, 7) is 6.33. The van der Waals surface area contributed by atoms with Gasteiger partial charge in [0.25, 0.3) is 5.91 Å². The minimum Gasteiger partial charge on any atom is -0.508 e. The second-order valence-electron chi connectivity index (χ2n) is 5.77. The maximum atomic E-state index is 12.6. The van der Waals surface area contributed by atoms with Crippen molar-refractivity contribution < 1.29 is 15.0 Å². The van der Waals surface area contributed by atoms with Gasteiger partial charge in [-0.2, -0.15) is 0 Å². The number of nitrogens with zero attached hydrogens (tertiary/aromatic N) is 1. The number of phenols is 1. The molecule has 2 aromatic carbocycles. The molecule has 0 heterocycles. The molecule has 0 spiro atoms. The fourth-order valence-electron chi connectivity index (χ4n) is 2.38. The van der Waals surface area contributed by atoms with Crippen LogP contribution in [0.15, 0.2) is 42.5 Å². The van der Waals surface area contributed by atoms with Gasteiger partial charge in [0.15, 0.2) is 0 Å². The molecule has 0 aliphatic carbocycles. The Hall–Kier alpha value is -2.33. The third-order valence-corrected chi connectivity index (χ3v) is 3.98. The number of hydrogen-bond acceptors (Lipinski definition) is 3. The van der Waals surface area contributed by atoms with Crippen LogP contribution in [0.2, 0.25) is 0 Å². The number of aryl methyl sites for hydroxylation is 2. The highest BCUT2D eigenvalue weighted by atomic mass is 16.3. The number of rotatable bonds is 5. The highest BCUT2D eigenvalue weighted by Crippen LogP contribution is 2.20. The third-order valence-electron chi connectivity index (χ3n) is 3.98. The van der Waals surface area contributed by atoms with Gasteiger partial charge in [-0.05, 0) is 44.0 Å². The molecule has 1 amide bonds. The normalized spacial score (nSPS) is 12.0. The quantitative estimate of drug-likeness (QED) is 0.891. The molecule has 1 unspecified atom stereocenters. The van der Waals surface area contributed by atoms with Gasteiger partial charge in [-0.15, -0.1) is 0 Å². The van der Waals surface area contributed by atoms with Gasteiger partial charge in [0.1, 0.15) is 5.75 Å².